The topological polar surface area (TPSA) is 12.0 Å². The fourth-order valence-corrected chi connectivity index (χ4v) is 2.04. The molecule has 16 heavy (non-hydrogen) atoms. The van der Waals surface area contributed by atoms with Crippen LogP contribution in [0.3, 0.4) is 0 Å². The van der Waals surface area contributed by atoms with Crippen LogP contribution in [-0.2, 0) is 6.42 Å². The first-order valence-corrected chi connectivity index (χ1v) is 6.02. The molecule has 0 amide bonds. The van der Waals surface area contributed by atoms with E-state index in [-0.39, 0.29) is 10.8 Å². The Bertz CT molecular complexity index is 339. The molecule has 0 bridgehead atoms. The number of hydrogen-bond donors (Lipinski definition) is 1. The summed E-state index contributed by atoms with van der Waals surface area (Å²) in [6, 6.07) is 5.47. The van der Waals surface area contributed by atoms with Gasteiger partial charge in [-0.1, -0.05) is 37.6 Å². The highest BCUT2D eigenvalue weighted by Crippen LogP contribution is 2.20. The van der Waals surface area contributed by atoms with E-state index in [2.05, 4.69) is 19.2 Å². The lowest BCUT2D eigenvalue weighted by molar-refractivity contribution is 0.435. The summed E-state index contributed by atoms with van der Waals surface area (Å²) in [5, 5.41) is 3.42. The van der Waals surface area contributed by atoms with Gasteiger partial charge in [-0.15, -0.1) is 0 Å². The van der Waals surface area contributed by atoms with E-state index in [4.69, 9.17) is 11.6 Å². The van der Waals surface area contributed by atoms with Gasteiger partial charge in [-0.3, -0.25) is 0 Å². The van der Waals surface area contributed by atoms with E-state index in [0.717, 1.165) is 6.42 Å². The molecule has 0 heterocycles. The third-order valence-corrected chi connectivity index (χ3v) is 2.95. The highest BCUT2D eigenvalue weighted by atomic mass is 35.5. The molecule has 90 valence electrons. The van der Waals surface area contributed by atoms with Crippen molar-refractivity contribution in [2.75, 3.05) is 7.05 Å². The summed E-state index contributed by atoms with van der Waals surface area (Å²) < 4.78 is 13.7. The molecule has 0 saturated heterocycles. The molecule has 1 unspecified atom stereocenters. The second kappa shape index (κ2) is 6.21. The van der Waals surface area contributed by atoms with E-state index in [1.54, 1.807) is 18.2 Å². The van der Waals surface area contributed by atoms with E-state index in [9.17, 15) is 4.39 Å². The molecule has 0 aliphatic carbocycles. The van der Waals surface area contributed by atoms with Crippen molar-refractivity contribution in [2.24, 2.45) is 5.92 Å². The van der Waals surface area contributed by atoms with Crippen LogP contribution < -0.4 is 5.32 Å². The van der Waals surface area contributed by atoms with Gasteiger partial charge in [0.15, 0.2) is 0 Å². The molecule has 0 aliphatic rings. The van der Waals surface area contributed by atoms with E-state index in [0.29, 0.717) is 23.9 Å². The van der Waals surface area contributed by atoms with Crippen molar-refractivity contribution in [1.29, 1.82) is 0 Å². The number of likely N-dealkylation sites (N-methyl/N-ethyl adjacent to an activating group) is 1. The third-order valence-electron chi connectivity index (χ3n) is 2.66. The summed E-state index contributed by atoms with van der Waals surface area (Å²) >= 11 is 5.75. The van der Waals surface area contributed by atoms with Gasteiger partial charge < -0.3 is 5.32 Å². The van der Waals surface area contributed by atoms with Crippen LogP contribution in [0.15, 0.2) is 18.2 Å². The lowest BCUT2D eigenvalue weighted by Gasteiger charge is -2.18. The summed E-state index contributed by atoms with van der Waals surface area (Å²) in [6.07, 6.45) is 1.71. The molecule has 0 saturated carbocycles. The summed E-state index contributed by atoms with van der Waals surface area (Å²) in [7, 11) is 1.91. The molecule has 1 nitrogen and oxygen atoms in total. The molecule has 3 heteroatoms. The lowest BCUT2D eigenvalue weighted by atomic mass is 9.97. The highest BCUT2D eigenvalue weighted by molar-refractivity contribution is 6.30. The van der Waals surface area contributed by atoms with Crippen LogP contribution in [0.5, 0.6) is 0 Å². The zero-order valence-corrected chi connectivity index (χ0v) is 10.8. The average molecular weight is 244 g/mol. The van der Waals surface area contributed by atoms with Gasteiger partial charge in [0, 0.05) is 6.04 Å². The third kappa shape index (κ3) is 3.76. The SMILES string of the molecule is CNC(Cc1cccc(Cl)c1F)CC(C)C. The fraction of sp³-hybridized carbons (Fsp3) is 0.538. The minimum Gasteiger partial charge on any atom is -0.317 e. The molecular weight excluding hydrogens is 225 g/mol. The van der Waals surface area contributed by atoms with Gasteiger partial charge >= 0.3 is 0 Å². The Kier molecular flexibility index (Phi) is 5.23. The maximum atomic E-state index is 13.7. The standard InChI is InChI=1S/C13H19ClFN/c1-9(2)7-11(16-3)8-10-5-4-6-12(14)13(10)15/h4-6,9,11,16H,7-8H2,1-3H3. The lowest BCUT2D eigenvalue weighted by Crippen LogP contribution is -2.29. The second-order valence-corrected chi connectivity index (χ2v) is 4.94. The Morgan fingerprint density at radius 2 is 2.06 bits per heavy atom. The normalized spacial score (nSPS) is 13.1. The zero-order valence-electron chi connectivity index (χ0n) is 10.1. The molecule has 0 fully saturated rings. The highest BCUT2D eigenvalue weighted by Gasteiger charge is 2.13. The largest absolute Gasteiger partial charge is 0.317 e. The van der Waals surface area contributed by atoms with Crippen molar-refractivity contribution in [3.63, 3.8) is 0 Å². The van der Waals surface area contributed by atoms with Crippen LogP contribution in [0.4, 0.5) is 4.39 Å². The van der Waals surface area contributed by atoms with Gasteiger partial charge in [0.1, 0.15) is 5.82 Å². The van der Waals surface area contributed by atoms with Gasteiger partial charge in [0.2, 0.25) is 0 Å². The zero-order chi connectivity index (χ0) is 12.1. The Labute approximate surface area is 102 Å². The Morgan fingerprint density at radius 1 is 1.38 bits per heavy atom. The molecule has 1 N–H and O–H groups in total. The first-order valence-electron chi connectivity index (χ1n) is 5.64. The molecule has 0 radical (unpaired) electrons. The van der Waals surface area contributed by atoms with E-state index < -0.39 is 0 Å². The summed E-state index contributed by atoms with van der Waals surface area (Å²) in [6.45, 7) is 4.33. The van der Waals surface area contributed by atoms with Crippen LogP contribution in [0.1, 0.15) is 25.8 Å². The van der Waals surface area contributed by atoms with Crippen LogP contribution in [0.25, 0.3) is 0 Å². The number of hydrogen-bond acceptors (Lipinski definition) is 1. The quantitative estimate of drug-likeness (QED) is 0.832. The smallest absolute Gasteiger partial charge is 0.145 e. The van der Waals surface area contributed by atoms with Crippen LogP contribution in [-0.4, -0.2) is 13.1 Å². The van der Waals surface area contributed by atoms with Crippen LogP contribution in [0.2, 0.25) is 5.02 Å². The Hall–Kier alpha value is -0.600. The van der Waals surface area contributed by atoms with Crippen LogP contribution >= 0.6 is 11.6 Å². The summed E-state index contributed by atoms with van der Waals surface area (Å²) in [5.74, 6) is 0.313. The molecule has 1 aromatic rings. The monoisotopic (exact) mass is 243 g/mol. The van der Waals surface area contributed by atoms with E-state index in [1.165, 1.54) is 0 Å². The molecule has 0 spiro atoms. The maximum absolute atomic E-state index is 13.7. The van der Waals surface area contributed by atoms with Crippen molar-refractivity contribution in [2.45, 2.75) is 32.7 Å². The van der Waals surface area contributed by atoms with Crippen molar-refractivity contribution in [3.8, 4) is 0 Å². The van der Waals surface area contributed by atoms with E-state index in [1.807, 2.05) is 7.05 Å². The Morgan fingerprint density at radius 3 is 2.62 bits per heavy atom. The molecular formula is C13H19ClFN. The van der Waals surface area contributed by atoms with Crippen molar-refractivity contribution >= 4 is 11.6 Å². The van der Waals surface area contributed by atoms with Crippen molar-refractivity contribution in [3.05, 3.63) is 34.6 Å². The van der Waals surface area contributed by atoms with Gasteiger partial charge in [0.25, 0.3) is 0 Å². The number of benzene rings is 1. The van der Waals surface area contributed by atoms with Crippen molar-refractivity contribution in [1.82, 2.24) is 5.32 Å². The summed E-state index contributed by atoms with van der Waals surface area (Å²) in [5.41, 5.74) is 0.688. The summed E-state index contributed by atoms with van der Waals surface area (Å²) in [4.78, 5) is 0. The minimum atomic E-state index is -0.284. The number of halogens is 2. The molecule has 1 aromatic carbocycles. The van der Waals surface area contributed by atoms with Gasteiger partial charge in [0.05, 0.1) is 5.02 Å². The average Bonchev–Trinajstić information content (AvgIpc) is 2.23. The first-order chi connectivity index (χ1) is 7.54. The predicted molar refractivity (Wildman–Crippen MR) is 67.4 cm³/mol. The first kappa shape index (κ1) is 13.5. The predicted octanol–water partition coefficient (Wildman–Crippen LogP) is 3.66. The fourth-order valence-electron chi connectivity index (χ4n) is 1.84. The van der Waals surface area contributed by atoms with Gasteiger partial charge in [-0.25, -0.2) is 4.39 Å². The van der Waals surface area contributed by atoms with Gasteiger partial charge in [-0.05, 0) is 37.4 Å². The molecule has 1 atom stereocenters. The van der Waals surface area contributed by atoms with E-state index >= 15 is 0 Å². The second-order valence-electron chi connectivity index (χ2n) is 4.53. The van der Waals surface area contributed by atoms with Crippen LogP contribution in [0, 0.1) is 11.7 Å². The molecule has 1 rings (SSSR count). The Balaban J connectivity index is 2.74. The molecule has 0 aromatic heterocycles. The number of nitrogens with one attached hydrogen (secondary N) is 1. The van der Waals surface area contributed by atoms with Crippen molar-refractivity contribution < 1.29 is 4.39 Å². The van der Waals surface area contributed by atoms with Gasteiger partial charge in [-0.2, -0.15) is 0 Å². The minimum absolute atomic E-state index is 0.205. The molecule has 0 aliphatic heterocycles. The number of rotatable bonds is 5. The maximum Gasteiger partial charge on any atom is 0.145 e.